The lowest BCUT2D eigenvalue weighted by atomic mass is 10.1. The van der Waals surface area contributed by atoms with Crippen molar-refractivity contribution in [2.75, 3.05) is 6.61 Å². The zero-order valence-electron chi connectivity index (χ0n) is 16.8. The van der Waals surface area contributed by atoms with Crippen LogP contribution in [0.3, 0.4) is 0 Å². The van der Waals surface area contributed by atoms with E-state index in [1.165, 1.54) is 0 Å². The van der Waals surface area contributed by atoms with E-state index in [1.54, 1.807) is 39.0 Å². The van der Waals surface area contributed by atoms with Crippen LogP contribution in [0.15, 0.2) is 18.2 Å². The van der Waals surface area contributed by atoms with Crippen LogP contribution in [0, 0.1) is 0 Å². The van der Waals surface area contributed by atoms with E-state index in [9.17, 15) is 22.8 Å². The van der Waals surface area contributed by atoms with Crippen LogP contribution in [0.1, 0.15) is 56.8 Å². The maximum Gasteiger partial charge on any atom is 0.416 e. The standard InChI is InChI=1S/C19H24F3N3O4/c1-17(2,3)29-16(27)25-14(10-28-18(4,5)19(20,21)22)15-23-12-7-6-11(9-26)8-13(12)24-15/h6-9,14H,10H2,1-5H3,(H,23,24)(H,25,27)/t14-/m0/s1. The normalized spacial score (nSPS) is 13.9. The third kappa shape index (κ3) is 5.93. The highest BCUT2D eigenvalue weighted by atomic mass is 19.4. The van der Waals surface area contributed by atoms with Gasteiger partial charge in [-0.25, -0.2) is 9.78 Å². The van der Waals surface area contributed by atoms with E-state index in [-0.39, 0.29) is 5.82 Å². The molecule has 10 heteroatoms. The van der Waals surface area contributed by atoms with Gasteiger partial charge in [-0.3, -0.25) is 4.79 Å². The predicted octanol–water partition coefficient (Wildman–Crippen LogP) is 4.30. The van der Waals surface area contributed by atoms with Gasteiger partial charge in [-0.15, -0.1) is 0 Å². The summed E-state index contributed by atoms with van der Waals surface area (Å²) in [6.07, 6.45) is -4.77. The number of fused-ring (bicyclic) bond motifs is 1. The number of amides is 1. The fourth-order valence-electron chi connectivity index (χ4n) is 2.30. The smallest absolute Gasteiger partial charge is 0.416 e. The summed E-state index contributed by atoms with van der Waals surface area (Å²) in [5.41, 5.74) is -1.85. The number of aromatic amines is 1. The van der Waals surface area contributed by atoms with Gasteiger partial charge in [0.2, 0.25) is 0 Å². The second kappa shape index (κ2) is 8.02. The average Bonchev–Trinajstić information content (AvgIpc) is 2.98. The number of nitrogens with one attached hydrogen (secondary N) is 2. The van der Waals surface area contributed by atoms with Crippen molar-refractivity contribution in [3.05, 3.63) is 29.6 Å². The number of H-pyrrole nitrogens is 1. The SMILES string of the molecule is CC(C)(C)OC(=O)N[C@@H](COC(C)(C)C(F)(F)F)c1nc2ccc(C=O)cc2[nH]1. The molecule has 1 aromatic carbocycles. The first-order valence-corrected chi connectivity index (χ1v) is 8.87. The predicted molar refractivity (Wildman–Crippen MR) is 99.7 cm³/mol. The molecule has 1 heterocycles. The molecule has 1 aromatic heterocycles. The molecule has 1 atom stereocenters. The van der Waals surface area contributed by atoms with Gasteiger partial charge < -0.3 is 19.8 Å². The minimum atomic E-state index is -4.60. The van der Waals surface area contributed by atoms with E-state index < -0.39 is 36.1 Å². The van der Waals surface area contributed by atoms with E-state index >= 15 is 0 Å². The average molecular weight is 415 g/mol. The number of rotatable bonds is 6. The summed E-state index contributed by atoms with van der Waals surface area (Å²) >= 11 is 0. The Labute approximate surface area is 166 Å². The Morgan fingerprint density at radius 3 is 2.45 bits per heavy atom. The summed E-state index contributed by atoms with van der Waals surface area (Å²) in [5.74, 6) is 0.173. The van der Waals surface area contributed by atoms with Crippen LogP contribution in [0.2, 0.25) is 0 Å². The first kappa shape index (κ1) is 22.7. The van der Waals surface area contributed by atoms with E-state index in [0.717, 1.165) is 13.8 Å². The Balaban J connectivity index is 2.31. The third-order valence-corrected chi connectivity index (χ3v) is 3.97. The molecule has 2 N–H and O–H groups in total. The Bertz CT molecular complexity index is 885. The fraction of sp³-hybridized carbons (Fsp3) is 0.526. The lowest BCUT2D eigenvalue weighted by Gasteiger charge is -2.30. The molecule has 0 unspecified atom stereocenters. The van der Waals surface area contributed by atoms with Gasteiger partial charge in [-0.1, -0.05) is 0 Å². The van der Waals surface area contributed by atoms with Crippen LogP contribution in [0.25, 0.3) is 11.0 Å². The third-order valence-electron chi connectivity index (χ3n) is 3.97. The van der Waals surface area contributed by atoms with Crippen LogP contribution in [0.4, 0.5) is 18.0 Å². The number of carbonyl (C=O) groups excluding carboxylic acids is 2. The molecule has 2 aromatic rings. The van der Waals surface area contributed by atoms with E-state index in [0.29, 0.717) is 22.9 Å². The zero-order valence-corrected chi connectivity index (χ0v) is 16.8. The van der Waals surface area contributed by atoms with Gasteiger partial charge in [0.25, 0.3) is 0 Å². The van der Waals surface area contributed by atoms with Crippen molar-refractivity contribution in [3.63, 3.8) is 0 Å². The van der Waals surface area contributed by atoms with Crippen LogP contribution < -0.4 is 5.32 Å². The number of hydrogen-bond acceptors (Lipinski definition) is 5. The first-order valence-electron chi connectivity index (χ1n) is 8.87. The van der Waals surface area contributed by atoms with Gasteiger partial charge in [-0.05, 0) is 52.8 Å². The molecule has 7 nitrogen and oxygen atoms in total. The molecule has 0 bridgehead atoms. The second-order valence-corrected chi connectivity index (χ2v) is 8.03. The second-order valence-electron chi connectivity index (χ2n) is 8.03. The number of aromatic nitrogens is 2. The number of halogens is 3. The van der Waals surface area contributed by atoms with E-state index in [4.69, 9.17) is 9.47 Å². The summed E-state index contributed by atoms with van der Waals surface area (Å²) < 4.78 is 49.6. The van der Waals surface area contributed by atoms with Crippen molar-refractivity contribution >= 4 is 23.4 Å². The molecule has 0 saturated carbocycles. The van der Waals surface area contributed by atoms with Gasteiger partial charge in [-0.2, -0.15) is 13.2 Å². The van der Waals surface area contributed by atoms with Gasteiger partial charge in [0.15, 0.2) is 5.60 Å². The Hall–Kier alpha value is -2.62. The number of nitrogens with zero attached hydrogens (tertiary/aromatic N) is 1. The number of ether oxygens (including phenoxy) is 2. The van der Waals surface area contributed by atoms with Crippen LogP contribution in [-0.4, -0.2) is 46.3 Å². The molecule has 160 valence electrons. The number of carbonyl (C=O) groups is 2. The summed E-state index contributed by atoms with van der Waals surface area (Å²) in [7, 11) is 0. The molecule has 0 spiro atoms. The molecule has 0 aliphatic carbocycles. The van der Waals surface area contributed by atoms with E-state index in [2.05, 4.69) is 15.3 Å². The molecule has 0 fully saturated rings. The highest BCUT2D eigenvalue weighted by Gasteiger charge is 2.49. The van der Waals surface area contributed by atoms with Crippen LogP contribution >= 0.6 is 0 Å². The number of aldehydes is 1. The highest BCUT2D eigenvalue weighted by molar-refractivity contribution is 5.84. The van der Waals surface area contributed by atoms with E-state index in [1.807, 2.05) is 0 Å². The topological polar surface area (TPSA) is 93.3 Å². The van der Waals surface area contributed by atoms with Crippen LogP contribution in [0.5, 0.6) is 0 Å². The number of imidazole rings is 1. The fourth-order valence-corrected chi connectivity index (χ4v) is 2.30. The number of benzene rings is 1. The molecule has 0 aliphatic heterocycles. The largest absolute Gasteiger partial charge is 0.444 e. The van der Waals surface area contributed by atoms with Crippen molar-refractivity contribution in [1.29, 1.82) is 0 Å². The molecule has 0 aliphatic rings. The monoisotopic (exact) mass is 415 g/mol. The Morgan fingerprint density at radius 1 is 1.24 bits per heavy atom. The highest BCUT2D eigenvalue weighted by Crippen LogP contribution is 2.33. The summed E-state index contributed by atoms with van der Waals surface area (Å²) in [5, 5.41) is 2.49. The van der Waals surface area contributed by atoms with Crippen molar-refractivity contribution in [1.82, 2.24) is 15.3 Å². The maximum atomic E-state index is 13.1. The van der Waals surface area contributed by atoms with Gasteiger partial charge in [0, 0.05) is 5.56 Å². The first-order chi connectivity index (χ1) is 13.2. The molecule has 0 radical (unpaired) electrons. The molecule has 1 amide bonds. The molecule has 2 rings (SSSR count). The molecular weight excluding hydrogens is 391 g/mol. The number of alkyl carbamates (subject to hydrolysis) is 1. The molecule has 29 heavy (non-hydrogen) atoms. The quantitative estimate of drug-likeness (QED) is 0.686. The van der Waals surface area contributed by atoms with Gasteiger partial charge in [0.05, 0.1) is 17.6 Å². The Kier molecular flexibility index (Phi) is 6.27. The lowest BCUT2D eigenvalue weighted by molar-refractivity contribution is -0.265. The Morgan fingerprint density at radius 2 is 1.90 bits per heavy atom. The van der Waals surface area contributed by atoms with Crippen molar-refractivity contribution in [2.45, 2.75) is 58.0 Å². The van der Waals surface area contributed by atoms with Crippen molar-refractivity contribution in [2.24, 2.45) is 0 Å². The van der Waals surface area contributed by atoms with Crippen LogP contribution in [-0.2, 0) is 9.47 Å². The van der Waals surface area contributed by atoms with Crippen molar-refractivity contribution < 1.29 is 32.2 Å². The zero-order chi connectivity index (χ0) is 22.0. The minimum Gasteiger partial charge on any atom is -0.444 e. The number of alkyl halides is 3. The van der Waals surface area contributed by atoms with Crippen molar-refractivity contribution in [3.8, 4) is 0 Å². The maximum absolute atomic E-state index is 13.1. The molecular formula is C19H24F3N3O4. The lowest BCUT2D eigenvalue weighted by Crippen LogP contribution is -2.45. The summed E-state index contributed by atoms with van der Waals surface area (Å²) in [6.45, 7) is 6.26. The summed E-state index contributed by atoms with van der Waals surface area (Å²) in [4.78, 5) is 30.3. The van der Waals surface area contributed by atoms with Gasteiger partial charge >= 0.3 is 12.3 Å². The van der Waals surface area contributed by atoms with Gasteiger partial charge in [0.1, 0.15) is 23.8 Å². The summed E-state index contributed by atoms with van der Waals surface area (Å²) in [6, 6.07) is 3.64. The number of hydrogen-bond donors (Lipinski definition) is 2. The molecule has 0 saturated heterocycles. The minimum absolute atomic E-state index is 0.173.